The van der Waals surface area contributed by atoms with Crippen molar-refractivity contribution in [2.75, 3.05) is 11.1 Å². The van der Waals surface area contributed by atoms with Crippen LogP contribution in [0.2, 0.25) is 0 Å². The first-order valence-corrected chi connectivity index (χ1v) is 6.17. The van der Waals surface area contributed by atoms with E-state index in [-0.39, 0.29) is 6.10 Å². The van der Waals surface area contributed by atoms with Gasteiger partial charge in [-0.2, -0.15) is 4.98 Å². The third-order valence-corrected chi connectivity index (χ3v) is 3.15. The van der Waals surface area contributed by atoms with Crippen molar-refractivity contribution in [1.29, 1.82) is 0 Å². The minimum atomic E-state index is -0.147. The van der Waals surface area contributed by atoms with Gasteiger partial charge in [0.2, 0.25) is 5.95 Å². The Morgan fingerprint density at radius 1 is 1.31 bits per heavy atom. The van der Waals surface area contributed by atoms with Crippen molar-refractivity contribution >= 4 is 27.7 Å². The number of nitrogens with two attached hydrogens (primary N) is 1. The normalized spacial score (nSPS) is 25.4. The average Bonchev–Trinajstić information content (AvgIpc) is 2.20. The number of nitrogen functional groups attached to an aromatic ring is 1. The van der Waals surface area contributed by atoms with E-state index in [4.69, 9.17) is 5.73 Å². The van der Waals surface area contributed by atoms with Crippen LogP contribution in [0.25, 0.3) is 0 Å². The van der Waals surface area contributed by atoms with E-state index in [1.165, 1.54) is 0 Å². The molecule has 1 fully saturated rings. The van der Waals surface area contributed by atoms with Crippen molar-refractivity contribution < 1.29 is 5.11 Å². The maximum atomic E-state index is 9.39. The summed E-state index contributed by atoms with van der Waals surface area (Å²) < 4.78 is 0.679. The molecule has 1 heterocycles. The van der Waals surface area contributed by atoms with Crippen molar-refractivity contribution in [3.8, 4) is 0 Å². The Hall–Kier alpha value is -0.880. The third-order valence-electron chi connectivity index (χ3n) is 2.74. The highest BCUT2D eigenvalue weighted by atomic mass is 79.9. The Balaban J connectivity index is 1.98. The number of aliphatic hydroxyl groups excluding tert-OH is 1. The van der Waals surface area contributed by atoms with Gasteiger partial charge in [-0.15, -0.1) is 0 Å². The summed E-state index contributed by atoms with van der Waals surface area (Å²) in [5.74, 6) is 0.994. The standard InChI is InChI=1S/C10H15BrN4O/c11-8-5-9(12)15-10(14-8)13-6-1-3-7(16)4-2-6/h5-7,16H,1-4H2,(H3,12,13,14,15). The molecule has 0 atom stereocenters. The average molecular weight is 287 g/mol. The number of hydrogen-bond acceptors (Lipinski definition) is 5. The Morgan fingerprint density at radius 2 is 2.00 bits per heavy atom. The lowest BCUT2D eigenvalue weighted by atomic mass is 9.93. The minimum absolute atomic E-state index is 0.147. The fourth-order valence-electron chi connectivity index (χ4n) is 1.90. The van der Waals surface area contributed by atoms with Gasteiger partial charge in [0.15, 0.2) is 0 Å². The Morgan fingerprint density at radius 3 is 2.62 bits per heavy atom. The first-order valence-electron chi connectivity index (χ1n) is 5.38. The molecule has 0 unspecified atom stereocenters. The molecule has 1 aliphatic rings. The van der Waals surface area contributed by atoms with Crippen molar-refractivity contribution in [3.63, 3.8) is 0 Å². The zero-order valence-electron chi connectivity index (χ0n) is 8.86. The molecule has 0 aromatic carbocycles. The lowest BCUT2D eigenvalue weighted by Crippen LogP contribution is -2.29. The van der Waals surface area contributed by atoms with Gasteiger partial charge in [0.1, 0.15) is 10.4 Å². The number of aliphatic hydroxyl groups is 1. The van der Waals surface area contributed by atoms with Crippen LogP contribution >= 0.6 is 15.9 Å². The summed E-state index contributed by atoms with van der Waals surface area (Å²) in [5, 5.41) is 12.6. The molecule has 0 bridgehead atoms. The van der Waals surface area contributed by atoms with Crippen LogP contribution in [0, 0.1) is 0 Å². The summed E-state index contributed by atoms with van der Waals surface area (Å²) in [6, 6.07) is 1.99. The highest BCUT2D eigenvalue weighted by Crippen LogP contribution is 2.21. The lowest BCUT2D eigenvalue weighted by Gasteiger charge is -2.26. The fraction of sp³-hybridized carbons (Fsp3) is 0.600. The molecule has 1 saturated carbocycles. The van der Waals surface area contributed by atoms with Gasteiger partial charge in [-0.3, -0.25) is 0 Å². The molecule has 1 aromatic rings. The SMILES string of the molecule is Nc1cc(Br)nc(NC2CCC(O)CC2)n1. The van der Waals surface area contributed by atoms with Crippen LogP contribution in [-0.4, -0.2) is 27.2 Å². The number of hydrogen-bond donors (Lipinski definition) is 3. The highest BCUT2D eigenvalue weighted by Gasteiger charge is 2.19. The van der Waals surface area contributed by atoms with E-state index in [1.54, 1.807) is 6.07 Å². The lowest BCUT2D eigenvalue weighted by molar-refractivity contribution is 0.126. The summed E-state index contributed by atoms with van der Waals surface area (Å²) >= 11 is 3.28. The summed E-state index contributed by atoms with van der Waals surface area (Å²) in [6.45, 7) is 0. The number of anilines is 2. The molecule has 1 aromatic heterocycles. The number of rotatable bonds is 2. The van der Waals surface area contributed by atoms with Crippen LogP contribution < -0.4 is 11.1 Å². The van der Waals surface area contributed by atoms with Gasteiger partial charge in [-0.1, -0.05) is 0 Å². The predicted octanol–water partition coefficient (Wildman–Crippen LogP) is 1.54. The summed E-state index contributed by atoms with van der Waals surface area (Å²) in [5.41, 5.74) is 5.63. The number of nitrogens with zero attached hydrogens (tertiary/aromatic N) is 2. The van der Waals surface area contributed by atoms with E-state index in [0.29, 0.717) is 22.4 Å². The monoisotopic (exact) mass is 286 g/mol. The zero-order chi connectivity index (χ0) is 11.5. The molecule has 1 aliphatic carbocycles. The molecule has 2 rings (SSSR count). The van der Waals surface area contributed by atoms with Gasteiger partial charge in [-0.25, -0.2) is 4.98 Å². The molecule has 0 saturated heterocycles. The topological polar surface area (TPSA) is 84.1 Å². The third kappa shape index (κ3) is 3.05. The largest absolute Gasteiger partial charge is 0.393 e. The molecule has 88 valence electrons. The van der Waals surface area contributed by atoms with Gasteiger partial charge in [-0.05, 0) is 41.6 Å². The number of aromatic nitrogens is 2. The van der Waals surface area contributed by atoms with Gasteiger partial charge < -0.3 is 16.2 Å². The predicted molar refractivity (Wildman–Crippen MR) is 66.0 cm³/mol. The maximum absolute atomic E-state index is 9.39. The molecule has 0 radical (unpaired) electrons. The van der Waals surface area contributed by atoms with Crippen molar-refractivity contribution in [3.05, 3.63) is 10.7 Å². The van der Waals surface area contributed by atoms with E-state index in [0.717, 1.165) is 25.7 Å². The van der Waals surface area contributed by atoms with Gasteiger partial charge in [0.05, 0.1) is 6.10 Å². The maximum Gasteiger partial charge on any atom is 0.225 e. The van der Waals surface area contributed by atoms with Crippen LogP contribution in [0.4, 0.5) is 11.8 Å². The van der Waals surface area contributed by atoms with Crippen molar-refractivity contribution in [2.24, 2.45) is 0 Å². The molecule has 16 heavy (non-hydrogen) atoms. The second-order valence-corrected chi connectivity index (χ2v) is 4.90. The summed E-state index contributed by atoms with van der Waals surface area (Å²) in [4.78, 5) is 8.31. The molecular weight excluding hydrogens is 272 g/mol. The van der Waals surface area contributed by atoms with Crippen LogP contribution in [0.1, 0.15) is 25.7 Å². The van der Waals surface area contributed by atoms with E-state index >= 15 is 0 Å². The molecule has 0 aliphatic heterocycles. The minimum Gasteiger partial charge on any atom is -0.393 e. The molecule has 6 heteroatoms. The number of halogens is 1. The Bertz CT molecular complexity index is 346. The molecule has 5 nitrogen and oxygen atoms in total. The summed E-state index contributed by atoms with van der Waals surface area (Å²) in [7, 11) is 0. The van der Waals surface area contributed by atoms with Crippen LogP contribution in [0.5, 0.6) is 0 Å². The molecular formula is C10H15BrN4O. The second kappa shape index (κ2) is 4.97. The van der Waals surface area contributed by atoms with Crippen molar-refractivity contribution in [2.45, 2.75) is 37.8 Å². The van der Waals surface area contributed by atoms with E-state index in [2.05, 4.69) is 31.2 Å². The quantitative estimate of drug-likeness (QED) is 0.718. The molecule has 4 N–H and O–H groups in total. The summed E-state index contributed by atoms with van der Waals surface area (Å²) in [6.07, 6.45) is 3.41. The van der Waals surface area contributed by atoms with Crippen LogP contribution in [0.15, 0.2) is 10.7 Å². The van der Waals surface area contributed by atoms with E-state index < -0.39 is 0 Å². The molecule has 0 amide bonds. The van der Waals surface area contributed by atoms with Gasteiger partial charge >= 0.3 is 0 Å². The Kier molecular flexibility index (Phi) is 3.60. The molecule has 0 spiro atoms. The second-order valence-electron chi connectivity index (χ2n) is 4.09. The van der Waals surface area contributed by atoms with E-state index in [9.17, 15) is 5.11 Å². The Labute approximate surface area is 103 Å². The zero-order valence-corrected chi connectivity index (χ0v) is 10.4. The fourth-order valence-corrected chi connectivity index (χ4v) is 2.30. The smallest absolute Gasteiger partial charge is 0.225 e. The number of nitrogens with one attached hydrogen (secondary N) is 1. The first kappa shape index (κ1) is 11.6. The van der Waals surface area contributed by atoms with E-state index in [1.807, 2.05) is 0 Å². The van der Waals surface area contributed by atoms with Crippen molar-refractivity contribution in [1.82, 2.24) is 9.97 Å². The highest BCUT2D eigenvalue weighted by molar-refractivity contribution is 9.10. The van der Waals surface area contributed by atoms with Crippen LogP contribution in [0.3, 0.4) is 0 Å². The van der Waals surface area contributed by atoms with Gasteiger partial charge in [0, 0.05) is 12.1 Å². The van der Waals surface area contributed by atoms with Crippen LogP contribution in [-0.2, 0) is 0 Å². The van der Waals surface area contributed by atoms with Gasteiger partial charge in [0.25, 0.3) is 0 Å². The first-order chi connectivity index (χ1) is 7.63.